The van der Waals surface area contributed by atoms with Gasteiger partial charge in [0, 0.05) is 32.5 Å². The Labute approximate surface area is 163 Å². The molecule has 3 atom stereocenters. The van der Waals surface area contributed by atoms with Crippen LogP contribution >= 0.6 is 0 Å². The van der Waals surface area contributed by atoms with Crippen molar-refractivity contribution >= 4 is 17.1 Å². The van der Waals surface area contributed by atoms with E-state index in [4.69, 9.17) is 0 Å². The topological polar surface area (TPSA) is 102 Å². The second-order valence-electron chi connectivity index (χ2n) is 7.76. The summed E-state index contributed by atoms with van der Waals surface area (Å²) < 4.78 is 2.75. The molecule has 0 spiro atoms. The molecular formula is C20H29N5O3. The summed E-state index contributed by atoms with van der Waals surface area (Å²) in [7, 11) is 0. The maximum atomic E-state index is 12.9. The van der Waals surface area contributed by atoms with Gasteiger partial charge in [-0.15, -0.1) is 0 Å². The number of nitrogens with zero attached hydrogens (tertiary/aromatic N) is 3. The molecule has 0 fully saturated rings. The van der Waals surface area contributed by atoms with E-state index < -0.39 is 0 Å². The Morgan fingerprint density at radius 1 is 1.25 bits per heavy atom. The van der Waals surface area contributed by atoms with Crippen molar-refractivity contribution in [2.45, 2.75) is 59.5 Å². The SMILES string of the molecule is CCCn1c(=O)c2[nH]c(C3CC(C)C=CC3C)nc2n(CCNC(C)=O)c1=O. The Balaban J connectivity index is 2.12. The molecule has 0 saturated carbocycles. The van der Waals surface area contributed by atoms with Gasteiger partial charge in [0.1, 0.15) is 11.3 Å². The summed E-state index contributed by atoms with van der Waals surface area (Å²) in [5, 5.41) is 2.70. The third-order valence-electron chi connectivity index (χ3n) is 5.39. The number of H-pyrrole nitrogens is 1. The van der Waals surface area contributed by atoms with E-state index in [-0.39, 0.29) is 29.6 Å². The summed E-state index contributed by atoms with van der Waals surface area (Å²) in [5.74, 6) is 1.50. The summed E-state index contributed by atoms with van der Waals surface area (Å²) in [4.78, 5) is 44.9. The van der Waals surface area contributed by atoms with Crippen molar-refractivity contribution in [2.24, 2.45) is 11.8 Å². The quantitative estimate of drug-likeness (QED) is 0.737. The van der Waals surface area contributed by atoms with Crippen LogP contribution in [0.5, 0.6) is 0 Å². The van der Waals surface area contributed by atoms with E-state index in [2.05, 4.69) is 41.3 Å². The van der Waals surface area contributed by atoms with E-state index in [1.807, 2.05) is 6.92 Å². The van der Waals surface area contributed by atoms with Gasteiger partial charge in [0.2, 0.25) is 5.91 Å². The van der Waals surface area contributed by atoms with Gasteiger partial charge in [-0.2, -0.15) is 0 Å². The predicted molar refractivity (Wildman–Crippen MR) is 108 cm³/mol. The van der Waals surface area contributed by atoms with Crippen molar-refractivity contribution in [2.75, 3.05) is 6.54 Å². The first-order valence-corrected chi connectivity index (χ1v) is 9.99. The second kappa shape index (κ2) is 8.16. The highest BCUT2D eigenvalue weighted by molar-refractivity contribution is 5.73. The highest BCUT2D eigenvalue weighted by Crippen LogP contribution is 2.35. The highest BCUT2D eigenvalue weighted by atomic mass is 16.2. The number of aromatic nitrogens is 4. The van der Waals surface area contributed by atoms with Gasteiger partial charge in [-0.25, -0.2) is 9.78 Å². The van der Waals surface area contributed by atoms with Crippen molar-refractivity contribution in [3.05, 3.63) is 38.8 Å². The average molecular weight is 387 g/mol. The maximum absolute atomic E-state index is 12.9. The zero-order valence-corrected chi connectivity index (χ0v) is 17.0. The fourth-order valence-corrected chi connectivity index (χ4v) is 3.88. The molecule has 8 heteroatoms. The summed E-state index contributed by atoms with van der Waals surface area (Å²) in [6, 6.07) is 0. The van der Waals surface area contributed by atoms with E-state index in [0.717, 1.165) is 12.2 Å². The van der Waals surface area contributed by atoms with Crippen LogP contribution in [0.3, 0.4) is 0 Å². The van der Waals surface area contributed by atoms with E-state index in [0.29, 0.717) is 42.5 Å². The molecule has 2 aromatic heterocycles. The van der Waals surface area contributed by atoms with Crippen molar-refractivity contribution in [3.63, 3.8) is 0 Å². The van der Waals surface area contributed by atoms with Crippen LogP contribution in [0.25, 0.3) is 11.2 Å². The van der Waals surface area contributed by atoms with Crippen LogP contribution < -0.4 is 16.6 Å². The molecule has 0 bridgehead atoms. The molecule has 3 rings (SSSR count). The lowest BCUT2D eigenvalue weighted by Gasteiger charge is -2.26. The molecule has 0 saturated heterocycles. The number of nitrogens with one attached hydrogen (secondary N) is 2. The lowest BCUT2D eigenvalue weighted by molar-refractivity contribution is -0.118. The summed E-state index contributed by atoms with van der Waals surface area (Å²) >= 11 is 0. The summed E-state index contributed by atoms with van der Waals surface area (Å²) in [5.41, 5.74) is 0.0218. The number of amides is 1. The molecule has 1 aliphatic rings. The number of imidazole rings is 1. The Kier molecular flexibility index (Phi) is 5.86. The zero-order valence-electron chi connectivity index (χ0n) is 17.0. The molecule has 2 aromatic rings. The molecule has 1 aliphatic carbocycles. The van der Waals surface area contributed by atoms with Crippen LogP contribution in [0.15, 0.2) is 21.7 Å². The van der Waals surface area contributed by atoms with E-state index in [1.165, 1.54) is 16.1 Å². The van der Waals surface area contributed by atoms with Gasteiger partial charge in [-0.3, -0.25) is 18.7 Å². The van der Waals surface area contributed by atoms with Crippen LogP contribution in [0.4, 0.5) is 0 Å². The monoisotopic (exact) mass is 387 g/mol. The fourth-order valence-electron chi connectivity index (χ4n) is 3.88. The third kappa shape index (κ3) is 3.81. The molecule has 2 N–H and O–H groups in total. The zero-order chi connectivity index (χ0) is 20.4. The van der Waals surface area contributed by atoms with Gasteiger partial charge in [-0.05, 0) is 24.7 Å². The Hall–Kier alpha value is -2.64. The van der Waals surface area contributed by atoms with Gasteiger partial charge >= 0.3 is 5.69 Å². The molecule has 152 valence electrons. The minimum Gasteiger partial charge on any atom is -0.355 e. The van der Waals surface area contributed by atoms with E-state index in [1.54, 1.807) is 0 Å². The molecule has 1 amide bonds. The lowest BCUT2D eigenvalue weighted by atomic mass is 9.80. The number of carbonyl (C=O) groups is 1. The van der Waals surface area contributed by atoms with Crippen LogP contribution in [0, 0.1) is 11.8 Å². The molecular weight excluding hydrogens is 358 g/mol. The summed E-state index contributed by atoms with van der Waals surface area (Å²) in [6.07, 6.45) is 6.01. The van der Waals surface area contributed by atoms with Gasteiger partial charge in [0.15, 0.2) is 5.65 Å². The van der Waals surface area contributed by atoms with Crippen molar-refractivity contribution < 1.29 is 4.79 Å². The molecule has 8 nitrogen and oxygen atoms in total. The average Bonchev–Trinajstić information content (AvgIpc) is 3.08. The number of hydrogen-bond acceptors (Lipinski definition) is 4. The lowest BCUT2D eigenvalue weighted by Crippen LogP contribution is -2.41. The van der Waals surface area contributed by atoms with Crippen LogP contribution in [-0.4, -0.2) is 31.6 Å². The normalized spacial score (nSPS) is 21.9. The van der Waals surface area contributed by atoms with Gasteiger partial charge in [0.25, 0.3) is 5.56 Å². The first-order chi connectivity index (χ1) is 13.3. The minimum atomic E-state index is -0.382. The van der Waals surface area contributed by atoms with Crippen molar-refractivity contribution in [3.8, 4) is 0 Å². The van der Waals surface area contributed by atoms with Crippen LogP contribution in [0.1, 0.15) is 52.3 Å². The molecule has 0 radical (unpaired) electrons. The molecule has 0 aliphatic heterocycles. The maximum Gasteiger partial charge on any atom is 0.332 e. The van der Waals surface area contributed by atoms with Crippen molar-refractivity contribution in [1.82, 2.24) is 24.4 Å². The number of rotatable bonds is 6. The molecule has 0 aromatic carbocycles. The first-order valence-electron chi connectivity index (χ1n) is 9.99. The van der Waals surface area contributed by atoms with E-state index >= 15 is 0 Å². The second-order valence-corrected chi connectivity index (χ2v) is 7.76. The van der Waals surface area contributed by atoms with Gasteiger partial charge < -0.3 is 10.3 Å². The number of allylic oxidation sites excluding steroid dienone is 2. The standard InChI is InChI=1S/C20H29N5O3/c1-5-9-25-19(27)16-18(24(20(25)28)10-8-21-14(4)26)23-17(22-16)15-11-12(2)6-7-13(15)3/h6-7,12-13,15H,5,8-11H2,1-4H3,(H,21,26)(H,22,23). The highest BCUT2D eigenvalue weighted by Gasteiger charge is 2.27. The molecule has 3 unspecified atom stereocenters. The largest absolute Gasteiger partial charge is 0.355 e. The predicted octanol–water partition coefficient (Wildman–Crippen LogP) is 1.75. The number of hydrogen-bond donors (Lipinski definition) is 2. The fraction of sp³-hybridized carbons (Fsp3) is 0.600. The minimum absolute atomic E-state index is 0.161. The smallest absolute Gasteiger partial charge is 0.332 e. The Bertz CT molecular complexity index is 1010. The Morgan fingerprint density at radius 2 is 2.00 bits per heavy atom. The summed E-state index contributed by atoms with van der Waals surface area (Å²) in [6.45, 7) is 8.57. The van der Waals surface area contributed by atoms with Crippen molar-refractivity contribution in [1.29, 1.82) is 0 Å². The van der Waals surface area contributed by atoms with Gasteiger partial charge in [-0.1, -0.05) is 32.9 Å². The third-order valence-corrected chi connectivity index (χ3v) is 5.39. The van der Waals surface area contributed by atoms with Crippen LogP contribution in [-0.2, 0) is 17.9 Å². The first kappa shape index (κ1) is 20.1. The molecule has 2 heterocycles. The Morgan fingerprint density at radius 3 is 2.68 bits per heavy atom. The van der Waals surface area contributed by atoms with Crippen LogP contribution in [0.2, 0.25) is 0 Å². The number of fused-ring (bicyclic) bond motifs is 1. The molecule has 28 heavy (non-hydrogen) atoms. The van der Waals surface area contributed by atoms with Gasteiger partial charge in [0.05, 0.1) is 0 Å². The van der Waals surface area contributed by atoms with E-state index in [9.17, 15) is 14.4 Å². The number of carbonyl (C=O) groups excluding carboxylic acids is 1. The number of aromatic amines is 1.